The van der Waals surface area contributed by atoms with Crippen molar-refractivity contribution < 1.29 is 9.59 Å². The van der Waals surface area contributed by atoms with Gasteiger partial charge in [-0.2, -0.15) is 0 Å². The fourth-order valence-corrected chi connectivity index (χ4v) is 5.25. The van der Waals surface area contributed by atoms with E-state index in [4.69, 9.17) is 11.5 Å². The average Bonchev–Trinajstić information content (AvgIpc) is 2.89. The molecule has 2 aliphatic rings. The van der Waals surface area contributed by atoms with E-state index in [9.17, 15) is 9.59 Å². The molecule has 0 atom stereocenters. The number of nitrogens with two attached hydrogens (primary N) is 2. The normalized spacial score (nSPS) is 23.0. The van der Waals surface area contributed by atoms with Crippen LogP contribution in [0.4, 0.5) is 11.4 Å². The molecule has 6 N–H and O–H groups in total. The summed E-state index contributed by atoms with van der Waals surface area (Å²) in [6, 6.07) is 15.9. The van der Waals surface area contributed by atoms with Gasteiger partial charge in [-0.05, 0) is 126 Å². The summed E-state index contributed by atoms with van der Waals surface area (Å²) in [6.07, 6.45) is 8.23. The summed E-state index contributed by atoms with van der Waals surface area (Å²) in [5.74, 6) is 1.88. The Bertz CT molecular complexity index is 904. The van der Waals surface area contributed by atoms with Crippen molar-refractivity contribution in [2.24, 2.45) is 35.1 Å². The van der Waals surface area contributed by atoms with Gasteiger partial charge in [-0.25, -0.2) is 0 Å². The molecule has 0 aromatic heterocycles. The number of hydrogen-bond donors (Lipinski definition) is 4. The Kier molecular flexibility index (Phi) is 13.1. The molecule has 2 saturated carbocycles. The minimum Gasteiger partial charge on any atom is -0.330 e. The highest BCUT2D eigenvalue weighted by molar-refractivity contribution is 5.93. The first-order chi connectivity index (χ1) is 17.4. The third kappa shape index (κ3) is 10.1. The molecule has 2 aliphatic carbocycles. The molecule has 204 valence electrons. The van der Waals surface area contributed by atoms with E-state index in [1.807, 2.05) is 62.4 Å². The number of benzene rings is 2. The van der Waals surface area contributed by atoms with Gasteiger partial charge in [0.1, 0.15) is 0 Å². The maximum absolute atomic E-state index is 12.1. The number of carbonyl (C=O) groups is 2. The molecule has 0 aliphatic heterocycles. The Morgan fingerprint density at radius 1 is 0.676 bits per heavy atom. The lowest BCUT2D eigenvalue weighted by atomic mass is 9.81. The number of anilines is 2. The Morgan fingerprint density at radius 2 is 1.03 bits per heavy atom. The number of hydrogen-bond acceptors (Lipinski definition) is 4. The van der Waals surface area contributed by atoms with E-state index in [0.29, 0.717) is 11.8 Å². The minimum absolute atomic E-state index is 0. The third-order valence-electron chi connectivity index (χ3n) is 7.67. The summed E-state index contributed by atoms with van der Waals surface area (Å²) < 4.78 is 0. The van der Waals surface area contributed by atoms with E-state index in [0.717, 1.165) is 75.8 Å². The van der Waals surface area contributed by atoms with Gasteiger partial charge in [0.25, 0.3) is 0 Å². The fraction of sp³-hybridized carbons (Fsp3) is 0.533. The van der Waals surface area contributed by atoms with E-state index >= 15 is 0 Å². The van der Waals surface area contributed by atoms with Crippen molar-refractivity contribution in [1.29, 1.82) is 0 Å². The molecule has 0 spiro atoms. The van der Waals surface area contributed by atoms with Crippen molar-refractivity contribution in [2.45, 2.75) is 65.2 Å². The van der Waals surface area contributed by atoms with Crippen LogP contribution in [0.1, 0.15) is 62.5 Å². The van der Waals surface area contributed by atoms with Gasteiger partial charge in [0.2, 0.25) is 11.8 Å². The zero-order chi connectivity index (χ0) is 25.9. The monoisotopic (exact) mass is 528 g/mol. The zero-order valence-corrected chi connectivity index (χ0v) is 23.2. The van der Waals surface area contributed by atoms with Gasteiger partial charge in [0.15, 0.2) is 0 Å². The minimum atomic E-state index is 0. The molecule has 37 heavy (non-hydrogen) atoms. The molecular formula is C30H45ClN4O2. The molecule has 6 nitrogen and oxygen atoms in total. The molecule has 2 aromatic carbocycles. The van der Waals surface area contributed by atoms with Gasteiger partial charge in [-0.15, -0.1) is 12.4 Å². The van der Waals surface area contributed by atoms with Crippen LogP contribution in [-0.2, 0) is 9.59 Å². The molecule has 0 saturated heterocycles. The number of carbonyl (C=O) groups excluding carboxylic acids is 2. The second kappa shape index (κ2) is 15.8. The van der Waals surface area contributed by atoms with Gasteiger partial charge in [-0.1, -0.05) is 24.3 Å². The topological polar surface area (TPSA) is 110 Å². The summed E-state index contributed by atoms with van der Waals surface area (Å²) in [6.45, 7) is 5.57. The highest BCUT2D eigenvalue weighted by Gasteiger charge is 2.26. The molecule has 0 radical (unpaired) electrons. The van der Waals surface area contributed by atoms with E-state index < -0.39 is 0 Å². The molecule has 0 bridgehead atoms. The summed E-state index contributed by atoms with van der Waals surface area (Å²) in [5, 5.41) is 6.03. The van der Waals surface area contributed by atoms with Crippen LogP contribution in [0, 0.1) is 37.5 Å². The van der Waals surface area contributed by atoms with Crippen LogP contribution in [0.2, 0.25) is 0 Å². The van der Waals surface area contributed by atoms with Gasteiger partial charge < -0.3 is 22.1 Å². The number of aryl methyl sites for hydroxylation is 2. The lowest BCUT2D eigenvalue weighted by molar-refractivity contribution is -0.121. The molecule has 0 heterocycles. The molecule has 4 rings (SSSR count). The second-order valence-electron chi connectivity index (χ2n) is 10.6. The van der Waals surface area contributed by atoms with Crippen LogP contribution in [0.3, 0.4) is 0 Å². The van der Waals surface area contributed by atoms with Crippen LogP contribution in [-0.4, -0.2) is 24.9 Å². The maximum Gasteiger partial charge on any atom is 0.227 e. The average molecular weight is 529 g/mol. The summed E-state index contributed by atoms with van der Waals surface area (Å²) in [4.78, 5) is 24.3. The quantitative estimate of drug-likeness (QED) is 0.378. The number of amides is 2. The lowest BCUT2D eigenvalue weighted by Crippen LogP contribution is -2.29. The standard InChI is InChI=1S/2C15H22N2O.ClH/c2*1-11-3-2-4-14(9-11)17-15(18)13-7-5-12(10-16)6-8-13;/h2*2-4,9,12-13H,5-8,10,16H2,1H3,(H,17,18);1H. The predicted octanol–water partition coefficient (Wildman–Crippen LogP) is 5.82. The van der Waals surface area contributed by atoms with Crippen molar-refractivity contribution in [3.8, 4) is 0 Å². The molecule has 7 heteroatoms. The molecular weight excluding hydrogens is 484 g/mol. The number of halogens is 1. The molecule has 2 amide bonds. The molecule has 2 fully saturated rings. The Morgan fingerprint density at radius 3 is 1.32 bits per heavy atom. The van der Waals surface area contributed by atoms with Crippen LogP contribution >= 0.6 is 12.4 Å². The van der Waals surface area contributed by atoms with E-state index in [1.165, 1.54) is 11.1 Å². The van der Waals surface area contributed by atoms with Crippen molar-refractivity contribution in [2.75, 3.05) is 23.7 Å². The van der Waals surface area contributed by atoms with Crippen LogP contribution in [0.15, 0.2) is 48.5 Å². The van der Waals surface area contributed by atoms with Gasteiger partial charge >= 0.3 is 0 Å². The Hall–Kier alpha value is -2.41. The van der Waals surface area contributed by atoms with Crippen LogP contribution < -0.4 is 22.1 Å². The van der Waals surface area contributed by atoms with Crippen molar-refractivity contribution in [3.05, 3.63) is 59.7 Å². The van der Waals surface area contributed by atoms with Gasteiger partial charge in [-0.3, -0.25) is 9.59 Å². The van der Waals surface area contributed by atoms with Crippen molar-refractivity contribution in [1.82, 2.24) is 0 Å². The highest BCUT2D eigenvalue weighted by Crippen LogP contribution is 2.30. The molecule has 2 aromatic rings. The van der Waals surface area contributed by atoms with Gasteiger partial charge in [0.05, 0.1) is 0 Å². The lowest BCUT2D eigenvalue weighted by Gasteiger charge is -2.26. The third-order valence-corrected chi connectivity index (χ3v) is 7.67. The van der Waals surface area contributed by atoms with Crippen molar-refractivity contribution >= 4 is 35.6 Å². The Labute approximate surface area is 228 Å². The first kappa shape index (κ1) is 30.8. The van der Waals surface area contributed by atoms with E-state index in [2.05, 4.69) is 10.6 Å². The first-order valence-electron chi connectivity index (χ1n) is 13.5. The molecule has 0 unspecified atom stereocenters. The second-order valence-corrected chi connectivity index (χ2v) is 10.6. The van der Waals surface area contributed by atoms with Crippen LogP contribution in [0.5, 0.6) is 0 Å². The predicted molar refractivity (Wildman–Crippen MR) is 156 cm³/mol. The number of rotatable bonds is 6. The fourth-order valence-electron chi connectivity index (χ4n) is 5.25. The highest BCUT2D eigenvalue weighted by atomic mass is 35.5. The summed E-state index contributed by atoms with van der Waals surface area (Å²) >= 11 is 0. The van der Waals surface area contributed by atoms with E-state index in [-0.39, 0.29) is 36.1 Å². The Balaban J connectivity index is 0.000000253. The van der Waals surface area contributed by atoms with Gasteiger partial charge in [0, 0.05) is 23.2 Å². The maximum atomic E-state index is 12.1. The smallest absolute Gasteiger partial charge is 0.227 e. The number of nitrogens with one attached hydrogen (secondary N) is 2. The first-order valence-corrected chi connectivity index (χ1v) is 13.5. The zero-order valence-electron chi connectivity index (χ0n) is 22.4. The SMILES string of the molecule is Cc1cccc(NC(=O)C2CCC(CN)CC2)c1.Cc1cccc(NC(=O)C2CCC(CN)CC2)c1.Cl. The summed E-state index contributed by atoms with van der Waals surface area (Å²) in [5.41, 5.74) is 15.5. The largest absolute Gasteiger partial charge is 0.330 e. The summed E-state index contributed by atoms with van der Waals surface area (Å²) in [7, 11) is 0. The van der Waals surface area contributed by atoms with Crippen LogP contribution in [0.25, 0.3) is 0 Å². The van der Waals surface area contributed by atoms with Crippen molar-refractivity contribution in [3.63, 3.8) is 0 Å². The van der Waals surface area contributed by atoms with E-state index in [1.54, 1.807) is 0 Å².